The molecular formula is C25H29N5O2. The van der Waals surface area contributed by atoms with Crippen LogP contribution < -0.4 is 15.0 Å². The zero-order valence-electron chi connectivity index (χ0n) is 18.5. The van der Waals surface area contributed by atoms with E-state index >= 15 is 0 Å². The van der Waals surface area contributed by atoms with Crippen LogP contribution >= 0.6 is 0 Å². The third kappa shape index (κ3) is 5.35. The number of anilines is 1. The van der Waals surface area contributed by atoms with E-state index in [1.54, 1.807) is 0 Å². The molecule has 2 heterocycles. The fourth-order valence-electron chi connectivity index (χ4n) is 3.87. The van der Waals surface area contributed by atoms with Gasteiger partial charge in [-0.25, -0.2) is 4.79 Å². The van der Waals surface area contributed by atoms with Gasteiger partial charge in [-0.2, -0.15) is 0 Å². The molecule has 7 nitrogen and oxygen atoms in total. The molecule has 166 valence electrons. The highest BCUT2D eigenvalue weighted by atomic mass is 16.5. The van der Waals surface area contributed by atoms with Gasteiger partial charge in [0.25, 0.3) is 0 Å². The van der Waals surface area contributed by atoms with Crippen LogP contribution in [0.15, 0.2) is 72.8 Å². The first-order valence-electron chi connectivity index (χ1n) is 10.9. The molecule has 1 unspecified atom stereocenters. The average Bonchev–Trinajstić information content (AvgIpc) is 2.84. The van der Waals surface area contributed by atoms with Crippen molar-refractivity contribution in [3.63, 3.8) is 0 Å². The Kier molecular flexibility index (Phi) is 6.84. The van der Waals surface area contributed by atoms with Crippen LogP contribution in [0.2, 0.25) is 0 Å². The molecule has 1 saturated heterocycles. The van der Waals surface area contributed by atoms with Crippen molar-refractivity contribution in [2.45, 2.75) is 25.0 Å². The molecule has 0 saturated carbocycles. The normalized spacial score (nSPS) is 16.0. The second kappa shape index (κ2) is 10.1. The Labute approximate surface area is 189 Å². The Bertz CT molecular complexity index is 956. The summed E-state index contributed by atoms with van der Waals surface area (Å²) in [6, 6.07) is 23.5. The summed E-state index contributed by atoms with van der Waals surface area (Å²) in [6.45, 7) is 1.21. The van der Waals surface area contributed by atoms with Gasteiger partial charge in [-0.3, -0.25) is 0 Å². The lowest BCUT2D eigenvalue weighted by atomic mass is 9.99. The molecule has 7 heteroatoms. The maximum atomic E-state index is 13.2. The SMILES string of the molecule is CN(C)c1ccc(OC2CCCN(C(=O)NC(c3ccccc3)c3ccccc3)C2)nn1. The number of hydrogen-bond donors (Lipinski definition) is 1. The van der Waals surface area contributed by atoms with Gasteiger partial charge in [-0.1, -0.05) is 60.7 Å². The number of urea groups is 1. The summed E-state index contributed by atoms with van der Waals surface area (Å²) >= 11 is 0. The summed E-state index contributed by atoms with van der Waals surface area (Å²) in [4.78, 5) is 16.9. The van der Waals surface area contributed by atoms with Crippen molar-refractivity contribution in [3.05, 3.63) is 83.9 Å². The predicted octanol–water partition coefficient (Wildman–Crippen LogP) is 3.89. The molecule has 1 aromatic heterocycles. The number of nitrogens with one attached hydrogen (secondary N) is 1. The fraction of sp³-hybridized carbons (Fsp3) is 0.320. The van der Waals surface area contributed by atoms with E-state index in [2.05, 4.69) is 15.5 Å². The quantitative estimate of drug-likeness (QED) is 0.641. The molecule has 2 aromatic carbocycles. The summed E-state index contributed by atoms with van der Waals surface area (Å²) in [7, 11) is 3.83. The summed E-state index contributed by atoms with van der Waals surface area (Å²) in [5.74, 6) is 1.25. The Morgan fingerprint density at radius 3 is 2.22 bits per heavy atom. The Hall–Kier alpha value is -3.61. The number of carbonyl (C=O) groups excluding carboxylic acids is 1. The lowest BCUT2D eigenvalue weighted by Crippen LogP contribution is -2.49. The Morgan fingerprint density at radius 2 is 1.66 bits per heavy atom. The number of rotatable bonds is 6. The first-order valence-corrected chi connectivity index (χ1v) is 10.9. The molecule has 0 spiro atoms. The molecule has 1 atom stereocenters. The molecule has 1 N–H and O–H groups in total. The van der Waals surface area contributed by atoms with Crippen LogP contribution in [0.4, 0.5) is 10.6 Å². The monoisotopic (exact) mass is 431 g/mol. The minimum Gasteiger partial charge on any atom is -0.471 e. The zero-order chi connectivity index (χ0) is 22.3. The van der Waals surface area contributed by atoms with Gasteiger partial charge in [0.15, 0.2) is 5.82 Å². The highest BCUT2D eigenvalue weighted by Gasteiger charge is 2.27. The van der Waals surface area contributed by atoms with Crippen LogP contribution in [0.1, 0.15) is 30.0 Å². The summed E-state index contributed by atoms with van der Waals surface area (Å²) in [6.07, 6.45) is 1.64. The van der Waals surface area contributed by atoms with E-state index in [1.807, 2.05) is 96.7 Å². The zero-order valence-corrected chi connectivity index (χ0v) is 18.5. The second-order valence-electron chi connectivity index (χ2n) is 8.16. The van der Waals surface area contributed by atoms with E-state index < -0.39 is 0 Å². The smallest absolute Gasteiger partial charge is 0.318 e. The van der Waals surface area contributed by atoms with Crippen molar-refractivity contribution in [1.82, 2.24) is 20.4 Å². The van der Waals surface area contributed by atoms with Gasteiger partial charge < -0.3 is 19.9 Å². The summed E-state index contributed by atoms with van der Waals surface area (Å²) in [5, 5.41) is 11.5. The van der Waals surface area contributed by atoms with E-state index in [0.29, 0.717) is 19.0 Å². The van der Waals surface area contributed by atoms with Crippen LogP contribution in [0.25, 0.3) is 0 Å². The number of likely N-dealkylation sites (tertiary alicyclic amines) is 1. The number of ether oxygens (including phenoxy) is 1. The molecule has 2 amide bonds. The molecule has 1 aliphatic rings. The summed E-state index contributed by atoms with van der Waals surface area (Å²) in [5.41, 5.74) is 2.10. The van der Waals surface area contributed by atoms with Crippen LogP contribution in [0, 0.1) is 0 Å². The second-order valence-corrected chi connectivity index (χ2v) is 8.16. The van der Waals surface area contributed by atoms with Crippen molar-refractivity contribution in [1.29, 1.82) is 0 Å². The van der Waals surface area contributed by atoms with Crippen LogP contribution in [-0.2, 0) is 0 Å². The fourth-order valence-corrected chi connectivity index (χ4v) is 3.87. The molecule has 0 radical (unpaired) electrons. The molecule has 0 bridgehead atoms. The van der Waals surface area contributed by atoms with Gasteiger partial charge in [0, 0.05) is 26.7 Å². The molecular weight excluding hydrogens is 402 g/mol. The molecule has 0 aliphatic carbocycles. The van der Waals surface area contributed by atoms with Gasteiger partial charge in [-0.15, -0.1) is 10.2 Å². The number of amides is 2. The summed E-state index contributed by atoms with van der Waals surface area (Å²) < 4.78 is 6.03. The van der Waals surface area contributed by atoms with Gasteiger partial charge in [0.2, 0.25) is 5.88 Å². The molecule has 1 aliphatic heterocycles. The van der Waals surface area contributed by atoms with Gasteiger partial charge in [0.05, 0.1) is 12.6 Å². The average molecular weight is 432 g/mol. The molecule has 32 heavy (non-hydrogen) atoms. The number of piperidine rings is 1. The standard InChI is InChI=1S/C25H29N5O2/c1-29(2)22-15-16-23(28-27-22)32-21-14-9-17-30(18-21)25(31)26-24(19-10-5-3-6-11-19)20-12-7-4-8-13-20/h3-8,10-13,15-16,21,24H,9,14,17-18H2,1-2H3,(H,26,31). The molecule has 4 rings (SSSR count). The van der Waals surface area contributed by atoms with Crippen LogP contribution in [0.5, 0.6) is 5.88 Å². The topological polar surface area (TPSA) is 70.6 Å². The number of carbonyl (C=O) groups is 1. The van der Waals surface area contributed by atoms with Crippen molar-refractivity contribution >= 4 is 11.8 Å². The molecule has 1 fully saturated rings. The first kappa shape index (κ1) is 21.6. The lowest BCUT2D eigenvalue weighted by molar-refractivity contribution is 0.0964. The van der Waals surface area contributed by atoms with E-state index in [1.165, 1.54) is 0 Å². The van der Waals surface area contributed by atoms with Crippen LogP contribution in [0.3, 0.4) is 0 Å². The Balaban J connectivity index is 1.42. The van der Waals surface area contributed by atoms with E-state index in [4.69, 9.17) is 4.74 Å². The molecule has 3 aromatic rings. The van der Waals surface area contributed by atoms with E-state index in [0.717, 1.165) is 29.8 Å². The van der Waals surface area contributed by atoms with Crippen LogP contribution in [-0.4, -0.2) is 54.4 Å². The lowest BCUT2D eigenvalue weighted by Gasteiger charge is -2.34. The number of hydrogen-bond acceptors (Lipinski definition) is 5. The number of nitrogens with zero attached hydrogens (tertiary/aromatic N) is 4. The minimum atomic E-state index is -0.212. The van der Waals surface area contributed by atoms with Gasteiger partial charge in [-0.05, 0) is 30.0 Å². The Morgan fingerprint density at radius 1 is 1.00 bits per heavy atom. The maximum absolute atomic E-state index is 13.2. The van der Waals surface area contributed by atoms with Gasteiger partial charge >= 0.3 is 6.03 Å². The minimum absolute atomic E-state index is 0.0925. The van der Waals surface area contributed by atoms with E-state index in [9.17, 15) is 4.79 Å². The van der Waals surface area contributed by atoms with Crippen molar-refractivity contribution in [2.24, 2.45) is 0 Å². The highest BCUT2D eigenvalue weighted by Crippen LogP contribution is 2.23. The van der Waals surface area contributed by atoms with Crippen molar-refractivity contribution in [3.8, 4) is 5.88 Å². The number of aromatic nitrogens is 2. The third-order valence-corrected chi connectivity index (χ3v) is 5.57. The van der Waals surface area contributed by atoms with E-state index in [-0.39, 0.29) is 18.2 Å². The largest absolute Gasteiger partial charge is 0.471 e. The predicted molar refractivity (Wildman–Crippen MR) is 125 cm³/mol. The maximum Gasteiger partial charge on any atom is 0.318 e. The number of benzene rings is 2. The van der Waals surface area contributed by atoms with Crippen molar-refractivity contribution < 1.29 is 9.53 Å². The highest BCUT2D eigenvalue weighted by molar-refractivity contribution is 5.75. The van der Waals surface area contributed by atoms with Gasteiger partial charge in [0.1, 0.15) is 6.10 Å². The van der Waals surface area contributed by atoms with Crippen molar-refractivity contribution in [2.75, 3.05) is 32.1 Å². The third-order valence-electron chi connectivity index (χ3n) is 5.57. The first-order chi connectivity index (χ1) is 15.6.